The van der Waals surface area contributed by atoms with E-state index in [0.717, 1.165) is 27.8 Å². The molecule has 0 aromatic heterocycles. The average molecular weight is 523 g/mol. The van der Waals surface area contributed by atoms with Gasteiger partial charge in [-0.05, 0) is 48.7 Å². The predicted molar refractivity (Wildman–Crippen MR) is 137 cm³/mol. The molecular formula is C26H23ClN4O4S. The first-order chi connectivity index (χ1) is 17.2. The van der Waals surface area contributed by atoms with Gasteiger partial charge >= 0.3 is 5.97 Å². The van der Waals surface area contributed by atoms with Crippen LogP contribution < -0.4 is 11.1 Å². The number of esters is 1. The number of benzene rings is 2. The smallest absolute Gasteiger partial charge is 0.307 e. The molecule has 4 rings (SSSR count). The molecule has 10 heteroatoms. The first-order valence-electron chi connectivity index (χ1n) is 11.0. The number of nitrogens with one attached hydrogen (secondary N) is 1. The highest BCUT2D eigenvalue weighted by atomic mass is 35.5. The number of anilines is 1. The van der Waals surface area contributed by atoms with Crippen molar-refractivity contribution >= 4 is 46.8 Å². The standard InChI is InChI=1S/C26H23ClN4O4S/c1-13-8-9-15(10-14(13)2)30-24(33)22-21(16-6-4-5-7-18(16)27)17(12-28)23(29)31-25(34)19(36-26(22)31)11-20(32)35-3/h4-10,19,21H,11,29H2,1-3H3,(H,30,33)/t19-,21-/m1/s1. The van der Waals surface area contributed by atoms with Crippen molar-refractivity contribution in [3.63, 3.8) is 0 Å². The molecule has 0 saturated carbocycles. The second-order valence-corrected chi connectivity index (χ2v) is 10.00. The minimum atomic E-state index is -0.918. The van der Waals surface area contributed by atoms with Crippen molar-refractivity contribution in [1.82, 2.24) is 4.90 Å². The molecule has 0 radical (unpaired) electrons. The lowest BCUT2D eigenvalue weighted by molar-refractivity contribution is -0.142. The number of rotatable bonds is 5. The largest absolute Gasteiger partial charge is 0.469 e. The number of allylic oxidation sites excluding steroid dienone is 1. The van der Waals surface area contributed by atoms with Gasteiger partial charge in [0, 0.05) is 10.7 Å². The fourth-order valence-corrected chi connectivity index (χ4v) is 5.75. The van der Waals surface area contributed by atoms with Crippen LogP contribution in [0.25, 0.3) is 0 Å². The molecule has 1 saturated heterocycles. The van der Waals surface area contributed by atoms with E-state index in [0.29, 0.717) is 16.3 Å². The van der Waals surface area contributed by atoms with Crippen molar-refractivity contribution < 1.29 is 19.1 Å². The number of nitriles is 1. The molecule has 2 heterocycles. The Kier molecular flexibility index (Phi) is 7.11. The minimum Gasteiger partial charge on any atom is -0.469 e. The number of nitrogens with zero attached hydrogens (tertiary/aromatic N) is 2. The number of nitrogens with two attached hydrogens (primary N) is 1. The lowest BCUT2D eigenvalue weighted by atomic mass is 9.82. The van der Waals surface area contributed by atoms with Crippen molar-refractivity contribution in [2.24, 2.45) is 5.73 Å². The van der Waals surface area contributed by atoms with Crippen LogP contribution in [0, 0.1) is 25.2 Å². The van der Waals surface area contributed by atoms with Gasteiger partial charge < -0.3 is 15.8 Å². The van der Waals surface area contributed by atoms with Gasteiger partial charge in [-0.25, -0.2) is 0 Å². The van der Waals surface area contributed by atoms with Crippen LogP contribution in [0.4, 0.5) is 5.69 Å². The quantitative estimate of drug-likeness (QED) is 0.566. The Morgan fingerprint density at radius 3 is 2.58 bits per heavy atom. The molecule has 2 aliphatic heterocycles. The second-order valence-electron chi connectivity index (χ2n) is 8.40. The lowest BCUT2D eigenvalue weighted by Crippen LogP contribution is -2.39. The van der Waals surface area contributed by atoms with Crippen molar-refractivity contribution in [1.29, 1.82) is 5.26 Å². The zero-order valence-electron chi connectivity index (χ0n) is 19.8. The van der Waals surface area contributed by atoms with Crippen molar-refractivity contribution in [3.8, 4) is 6.07 Å². The molecule has 36 heavy (non-hydrogen) atoms. The topological polar surface area (TPSA) is 126 Å². The number of amides is 2. The van der Waals surface area contributed by atoms with Gasteiger partial charge in [-0.2, -0.15) is 5.26 Å². The third-order valence-corrected chi connectivity index (χ3v) is 7.83. The molecule has 2 aliphatic rings. The van der Waals surface area contributed by atoms with Gasteiger partial charge in [0.15, 0.2) is 0 Å². The van der Waals surface area contributed by atoms with E-state index in [1.807, 2.05) is 26.0 Å². The summed E-state index contributed by atoms with van der Waals surface area (Å²) in [6.45, 7) is 3.90. The molecule has 0 unspecified atom stereocenters. The fraction of sp³-hybridized carbons (Fsp3) is 0.231. The zero-order valence-corrected chi connectivity index (χ0v) is 21.4. The number of carbonyl (C=O) groups is 3. The SMILES string of the molecule is COC(=O)C[C@H]1SC2=C(C(=O)Nc3ccc(C)c(C)c3)[C@H](c3ccccc3Cl)C(C#N)=C(N)N2C1=O. The molecule has 3 N–H and O–H groups in total. The van der Waals surface area contributed by atoms with Crippen LogP contribution in [-0.4, -0.2) is 35.0 Å². The van der Waals surface area contributed by atoms with Crippen LogP contribution in [0.3, 0.4) is 0 Å². The Hall–Kier alpha value is -3.74. The summed E-state index contributed by atoms with van der Waals surface area (Å²) in [6.07, 6.45) is -0.210. The summed E-state index contributed by atoms with van der Waals surface area (Å²) in [6, 6.07) is 14.4. The van der Waals surface area contributed by atoms with Gasteiger partial charge in [0.05, 0.1) is 41.7 Å². The summed E-state index contributed by atoms with van der Waals surface area (Å²) in [5, 5.41) is 12.7. The Labute approximate surface area is 217 Å². The summed E-state index contributed by atoms with van der Waals surface area (Å²) in [4.78, 5) is 40.2. The molecular weight excluding hydrogens is 500 g/mol. The number of thioether (sulfide) groups is 1. The molecule has 8 nitrogen and oxygen atoms in total. The Balaban J connectivity index is 1.89. The summed E-state index contributed by atoms with van der Waals surface area (Å²) in [7, 11) is 1.23. The summed E-state index contributed by atoms with van der Waals surface area (Å²) in [5.74, 6) is -2.60. The highest BCUT2D eigenvalue weighted by Gasteiger charge is 2.48. The Morgan fingerprint density at radius 2 is 1.94 bits per heavy atom. The van der Waals surface area contributed by atoms with Crippen LogP contribution in [0.15, 0.2) is 64.5 Å². The van der Waals surface area contributed by atoms with Crippen molar-refractivity contribution in [2.75, 3.05) is 12.4 Å². The molecule has 0 aliphatic carbocycles. The van der Waals surface area contributed by atoms with Crippen molar-refractivity contribution in [3.05, 3.63) is 86.2 Å². The maximum Gasteiger partial charge on any atom is 0.307 e. The maximum absolute atomic E-state index is 13.8. The Bertz CT molecular complexity index is 1390. The van der Waals surface area contributed by atoms with E-state index in [4.69, 9.17) is 22.1 Å². The van der Waals surface area contributed by atoms with E-state index < -0.39 is 29.0 Å². The minimum absolute atomic E-state index is 0.0183. The van der Waals surface area contributed by atoms with Gasteiger partial charge in [0.1, 0.15) is 11.1 Å². The van der Waals surface area contributed by atoms with Crippen LogP contribution >= 0.6 is 23.4 Å². The zero-order chi connectivity index (χ0) is 26.1. The van der Waals surface area contributed by atoms with Gasteiger partial charge in [-0.15, -0.1) is 0 Å². The van der Waals surface area contributed by atoms with Crippen molar-refractivity contribution in [2.45, 2.75) is 31.4 Å². The monoisotopic (exact) mass is 522 g/mol. The van der Waals surface area contributed by atoms with Gasteiger partial charge in [-0.3, -0.25) is 19.3 Å². The molecule has 2 aromatic rings. The molecule has 1 fully saturated rings. The van der Waals surface area contributed by atoms with E-state index in [2.05, 4.69) is 11.4 Å². The highest BCUT2D eigenvalue weighted by Crippen LogP contribution is 2.51. The van der Waals surface area contributed by atoms with E-state index in [1.165, 1.54) is 7.11 Å². The number of ether oxygens (including phenoxy) is 1. The summed E-state index contributed by atoms with van der Waals surface area (Å²) < 4.78 is 4.73. The van der Waals surface area contributed by atoms with Crippen LogP contribution in [0.2, 0.25) is 5.02 Å². The third-order valence-electron chi connectivity index (χ3n) is 6.20. The number of hydrogen-bond acceptors (Lipinski definition) is 7. The fourth-order valence-electron chi connectivity index (χ4n) is 4.18. The number of halogens is 1. The second kappa shape index (κ2) is 10.1. The predicted octanol–water partition coefficient (Wildman–Crippen LogP) is 4.11. The molecule has 0 bridgehead atoms. The summed E-state index contributed by atoms with van der Waals surface area (Å²) in [5.41, 5.74) is 9.63. The lowest BCUT2D eigenvalue weighted by Gasteiger charge is -2.32. The number of aryl methyl sites for hydroxylation is 2. The molecule has 0 spiro atoms. The van der Waals surface area contributed by atoms with Gasteiger partial charge in [0.2, 0.25) is 5.91 Å². The maximum atomic E-state index is 13.8. The highest BCUT2D eigenvalue weighted by molar-refractivity contribution is 8.04. The summed E-state index contributed by atoms with van der Waals surface area (Å²) >= 11 is 7.56. The number of carbonyl (C=O) groups excluding carboxylic acids is 3. The molecule has 2 atom stereocenters. The first kappa shape index (κ1) is 25.4. The number of hydrogen-bond donors (Lipinski definition) is 2. The van der Waals surface area contributed by atoms with E-state index >= 15 is 0 Å². The van der Waals surface area contributed by atoms with E-state index in [1.54, 1.807) is 30.3 Å². The van der Waals surface area contributed by atoms with Gasteiger partial charge in [0.25, 0.3) is 5.91 Å². The number of methoxy groups -OCH3 is 1. The van der Waals surface area contributed by atoms with Crippen LogP contribution in [0.1, 0.15) is 29.0 Å². The molecule has 184 valence electrons. The van der Waals surface area contributed by atoms with Crippen LogP contribution in [-0.2, 0) is 19.1 Å². The Morgan fingerprint density at radius 1 is 1.22 bits per heavy atom. The third kappa shape index (κ3) is 4.45. The average Bonchev–Trinajstić information content (AvgIpc) is 3.17. The molecule has 2 amide bonds. The van der Waals surface area contributed by atoms with E-state index in [9.17, 15) is 19.6 Å². The normalized spacial score (nSPS) is 19.2. The first-order valence-corrected chi connectivity index (χ1v) is 12.3. The number of fused-ring (bicyclic) bond motifs is 1. The van der Waals surface area contributed by atoms with Gasteiger partial charge in [-0.1, -0.05) is 47.6 Å². The molecule has 2 aromatic carbocycles. The van der Waals surface area contributed by atoms with Crippen LogP contribution in [0.5, 0.6) is 0 Å². The van der Waals surface area contributed by atoms with E-state index in [-0.39, 0.29) is 28.4 Å².